The van der Waals surface area contributed by atoms with Crippen molar-refractivity contribution in [3.63, 3.8) is 0 Å². The molecule has 0 radical (unpaired) electrons. The summed E-state index contributed by atoms with van der Waals surface area (Å²) in [6.45, 7) is 5.18. The molecule has 0 amide bonds. The monoisotopic (exact) mass is 342 g/mol. The van der Waals surface area contributed by atoms with Crippen LogP contribution >= 0.6 is 11.6 Å². The van der Waals surface area contributed by atoms with E-state index in [1.54, 1.807) is 30.3 Å². The Hall–Kier alpha value is -0.880. The number of rotatable bonds is 6. The molecule has 1 aliphatic heterocycles. The van der Waals surface area contributed by atoms with Gasteiger partial charge in [0, 0.05) is 16.5 Å². The average molecular weight is 343 g/mol. The Morgan fingerprint density at radius 1 is 1.27 bits per heavy atom. The standard InChI is InChI=1S/C16H23ClN2O2S/c1-2-10-19-11-7-16(8-12-19)18-22(20,21)13-9-14-3-5-15(17)6-4-14/h3-6,9,13,16,18H,2,7-8,10-12H2,1H3/b13-9+. The third kappa shape index (κ3) is 5.72. The third-order valence-electron chi connectivity index (χ3n) is 3.77. The molecular formula is C16H23ClN2O2S. The summed E-state index contributed by atoms with van der Waals surface area (Å²) >= 11 is 5.81. The number of nitrogens with one attached hydrogen (secondary N) is 1. The molecule has 1 aromatic carbocycles. The van der Waals surface area contributed by atoms with Crippen LogP contribution in [-0.2, 0) is 10.0 Å². The summed E-state index contributed by atoms with van der Waals surface area (Å²) in [4.78, 5) is 2.38. The van der Waals surface area contributed by atoms with Gasteiger partial charge in [-0.05, 0) is 62.7 Å². The lowest BCUT2D eigenvalue weighted by atomic mass is 10.1. The molecule has 0 saturated carbocycles. The highest BCUT2D eigenvalue weighted by Gasteiger charge is 2.21. The lowest BCUT2D eigenvalue weighted by Crippen LogP contribution is -2.44. The zero-order chi connectivity index (χ0) is 16.0. The van der Waals surface area contributed by atoms with Gasteiger partial charge in [0.25, 0.3) is 0 Å². The van der Waals surface area contributed by atoms with Crippen molar-refractivity contribution in [1.82, 2.24) is 9.62 Å². The largest absolute Gasteiger partial charge is 0.303 e. The van der Waals surface area contributed by atoms with Crippen molar-refractivity contribution in [2.75, 3.05) is 19.6 Å². The fourth-order valence-corrected chi connectivity index (χ4v) is 3.85. The van der Waals surface area contributed by atoms with E-state index in [1.807, 2.05) is 0 Å². The first-order valence-electron chi connectivity index (χ1n) is 7.67. The number of benzene rings is 1. The summed E-state index contributed by atoms with van der Waals surface area (Å²) in [5, 5.41) is 1.87. The van der Waals surface area contributed by atoms with Gasteiger partial charge in [-0.15, -0.1) is 0 Å². The zero-order valence-electron chi connectivity index (χ0n) is 12.8. The summed E-state index contributed by atoms with van der Waals surface area (Å²) in [6.07, 6.45) is 4.47. The van der Waals surface area contributed by atoms with Gasteiger partial charge < -0.3 is 4.90 Å². The Morgan fingerprint density at radius 3 is 2.50 bits per heavy atom. The van der Waals surface area contributed by atoms with Crippen molar-refractivity contribution < 1.29 is 8.42 Å². The summed E-state index contributed by atoms with van der Waals surface area (Å²) in [5.74, 6) is 0. The average Bonchev–Trinajstić information content (AvgIpc) is 2.49. The zero-order valence-corrected chi connectivity index (χ0v) is 14.4. The molecule has 1 N–H and O–H groups in total. The molecule has 22 heavy (non-hydrogen) atoms. The highest BCUT2D eigenvalue weighted by atomic mass is 35.5. The number of sulfonamides is 1. The van der Waals surface area contributed by atoms with Crippen LogP contribution in [0.1, 0.15) is 31.7 Å². The van der Waals surface area contributed by atoms with E-state index in [9.17, 15) is 8.42 Å². The van der Waals surface area contributed by atoms with Crippen molar-refractivity contribution in [2.24, 2.45) is 0 Å². The van der Waals surface area contributed by atoms with Crippen molar-refractivity contribution in [3.8, 4) is 0 Å². The molecule has 0 unspecified atom stereocenters. The first kappa shape index (κ1) is 17.5. The van der Waals surface area contributed by atoms with Gasteiger partial charge >= 0.3 is 0 Å². The van der Waals surface area contributed by atoms with E-state index in [0.717, 1.165) is 44.5 Å². The minimum atomic E-state index is -3.40. The predicted octanol–water partition coefficient (Wildman–Crippen LogP) is 3.10. The summed E-state index contributed by atoms with van der Waals surface area (Å²) < 4.78 is 27.0. The van der Waals surface area contributed by atoms with Gasteiger partial charge in [0.2, 0.25) is 10.0 Å². The van der Waals surface area contributed by atoms with Gasteiger partial charge in [-0.25, -0.2) is 13.1 Å². The van der Waals surface area contributed by atoms with Crippen molar-refractivity contribution >= 4 is 27.7 Å². The quantitative estimate of drug-likeness (QED) is 0.864. The Kier molecular flexibility index (Phi) is 6.44. The molecule has 1 heterocycles. The Labute approximate surface area is 138 Å². The maximum Gasteiger partial charge on any atom is 0.233 e. The minimum absolute atomic E-state index is 0.0352. The fourth-order valence-electron chi connectivity index (χ4n) is 2.60. The van der Waals surface area contributed by atoms with Crippen molar-refractivity contribution in [3.05, 3.63) is 40.3 Å². The van der Waals surface area contributed by atoms with Gasteiger partial charge in [-0.3, -0.25) is 0 Å². The van der Waals surface area contributed by atoms with Gasteiger partial charge in [0.15, 0.2) is 0 Å². The van der Waals surface area contributed by atoms with Crippen LogP contribution in [0.5, 0.6) is 0 Å². The van der Waals surface area contributed by atoms with E-state index in [-0.39, 0.29) is 6.04 Å². The second-order valence-electron chi connectivity index (χ2n) is 5.63. The van der Waals surface area contributed by atoms with Crippen LogP contribution in [0.2, 0.25) is 5.02 Å². The molecule has 1 aromatic rings. The van der Waals surface area contributed by atoms with E-state index in [1.165, 1.54) is 5.41 Å². The van der Waals surface area contributed by atoms with Gasteiger partial charge in [-0.1, -0.05) is 30.7 Å². The number of piperidine rings is 1. The maximum atomic E-state index is 12.1. The number of hydrogen-bond donors (Lipinski definition) is 1. The second kappa shape index (κ2) is 8.11. The lowest BCUT2D eigenvalue weighted by Gasteiger charge is -2.31. The van der Waals surface area contributed by atoms with E-state index in [0.29, 0.717) is 5.02 Å². The molecule has 4 nitrogen and oxygen atoms in total. The van der Waals surface area contributed by atoms with Crippen LogP contribution in [0.3, 0.4) is 0 Å². The Morgan fingerprint density at radius 2 is 1.91 bits per heavy atom. The summed E-state index contributed by atoms with van der Waals surface area (Å²) in [6, 6.07) is 7.10. The fraction of sp³-hybridized carbons (Fsp3) is 0.500. The minimum Gasteiger partial charge on any atom is -0.303 e. The highest BCUT2D eigenvalue weighted by molar-refractivity contribution is 7.92. The smallest absolute Gasteiger partial charge is 0.233 e. The number of likely N-dealkylation sites (tertiary alicyclic amines) is 1. The van der Waals surface area contributed by atoms with Crippen molar-refractivity contribution in [2.45, 2.75) is 32.2 Å². The van der Waals surface area contributed by atoms with Gasteiger partial charge in [0.05, 0.1) is 0 Å². The van der Waals surface area contributed by atoms with E-state index in [4.69, 9.17) is 11.6 Å². The molecule has 1 fully saturated rings. The van der Waals surface area contributed by atoms with Crippen molar-refractivity contribution in [1.29, 1.82) is 0 Å². The molecule has 2 rings (SSSR count). The van der Waals surface area contributed by atoms with Crippen LogP contribution in [0.15, 0.2) is 29.7 Å². The van der Waals surface area contributed by atoms with Crippen LogP contribution in [0, 0.1) is 0 Å². The third-order valence-corrected chi connectivity index (χ3v) is 5.18. The number of nitrogens with zero attached hydrogens (tertiary/aromatic N) is 1. The van der Waals surface area contributed by atoms with Crippen LogP contribution in [0.25, 0.3) is 6.08 Å². The summed E-state index contributed by atoms with van der Waals surface area (Å²) in [5.41, 5.74) is 0.813. The molecule has 122 valence electrons. The first-order chi connectivity index (χ1) is 10.5. The van der Waals surface area contributed by atoms with Gasteiger partial charge in [-0.2, -0.15) is 0 Å². The molecule has 0 spiro atoms. The Balaban J connectivity index is 1.87. The number of halogens is 1. The molecule has 1 saturated heterocycles. The normalized spacial score (nSPS) is 18.1. The number of hydrogen-bond acceptors (Lipinski definition) is 3. The highest BCUT2D eigenvalue weighted by Crippen LogP contribution is 2.13. The summed E-state index contributed by atoms with van der Waals surface area (Å²) in [7, 11) is -3.40. The molecule has 0 aromatic heterocycles. The molecule has 0 aliphatic carbocycles. The van der Waals surface area contributed by atoms with E-state index < -0.39 is 10.0 Å². The topological polar surface area (TPSA) is 49.4 Å². The first-order valence-corrected chi connectivity index (χ1v) is 9.59. The molecule has 6 heteroatoms. The van der Waals surface area contributed by atoms with Crippen LogP contribution in [0.4, 0.5) is 0 Å². The predicted molar refractivity (Wildman–Crippen MR) is 92.3 cm³/mol. The maximum absolute atomic E-state index is 12.1. The molecule has 0 atom stereocenters. The van der Waals surface area contributed by atoms with E-state index >= 15 is 0 Å². The molecular weight excluding hydrogens is 320 g/mol. The van der Waals surface area contributed by atoms with E-state index in [2.05, 4.69) is 16.5 Å². The van der Waals surface area contributed by atoms with Crippen LogP contribution in [-0.4, -0.2) is 39.0 Å². The van der Waals surface area contributed by atoms with Crippen LogP contribution < -0.4 is 4.72 Å². The SMILES string of the molecule is CCCN1CCC(NS(=O)(=O)/C=C/c2ccc(Cl)cc2)CC1. The Bertz CT molecular complexity index is 591. The molecule has 1 aliphatic rings. The second-order valence-corrected chi connectivity index (χ2v) is 7.67. The lowest BCUT2D eigenvalue weighted by molar-refractivity contribution is 0.208. The molecule has 0 bridgehead atoms. The van der Waals surface area contributed by atoms with Gasteiger partial charge in [0.1, 0.15) is 0 Å².